The number of amides is 1. The van der Waals surface area contributed by atoms with Crippen LogP contribution in [0, 0.1) is 38.0 Å². The van der Waals surface area contributed by atoms with Crippen molar-refractivity contribution in [2.75, 3.05) is 72.4 Å². The van der Waals surface area contributed by atoms with Crippen LogP contribution in [-0.4, -0.2) is 131 Å². The van der Waals surface area contributed by atoms with E-state index < -0.39 is 33.5 Å². The Balaban J connectivity index is 1.40. The fraction of sp³-hybridized carbons (Fsp3) is 0.490. The third-order valence-corrected chi connectivity index (χ3v) is 13.3. The average molecular weight is 954 g/mol. The lowest BCUT2D eigenvalue weighted by Gasteiger charge is -2.60. The van der Waals surface area contributed by atoms with E-state index in [9.17, 15) is 40.3 Å². The lowest BCUT2D eigenvalue weighted by molar-refractivity contribution is -0.385. The number of ether oxygens (including phenoxy) is 4. The van der Waals surface area contributed by atoms with E-state index in [4.69, 9.17) is 28.9 Å². The molecule has 0 spiro atoms. The maximum Gasteiger partial charge on any atom is 0.269 e. The summed E-state index contributed by atoms with van der Waals surface area (Å²) in [4.78, 5) is 46.9. The molecule has 6 atom stereocenters. The minimum atomic E-state index is -1.57. The maximum absolute atomic E-state index is 15.0. The molecule has 4 aliphatic rings. The minimum absolute atomic E-state index is 0.0115. The van der Waals surface area contributed by atoms with Crippen LogP contribution >= 0.6 is 0 Å². The molecule has 2 aliphatic carbocycles. The van der Waals surface area contributed by atoms with Gasteiger partial charge in [-0.25, -0.2) is 0 Å². The Kier molecular flexibility index (Phi) is 18.1. The zero-order valence-corrected chi connectivity index (χ0v) is 38.8. The van der Waals surface area contributed by atoms with Gasteiger partial charge in [0, 0.05) is 87.6 Å². The molecule has 18 heteroatoms. The Morgan fingerprint density at radius 3 is 2.29 bits per heavy atom. The molecule has 3 aromatic rings. The monoisotopic (exact) mass is 953 g/mol. The molecule has 2 aliphatic heterocycles. The van der Waals surface area contributed by atoms with Crippen LogP contribution in [0.2, 0.25) is 0 Å². The van der Waals surface area contributed by atoms with Crippen molar-refractivity contribution < 1.29 is 53.7 Å². The number of fused-ring (bicyclic) bond motifs is 2. The van der Waals surface area contributed by atoms with Crippen molar-refractivity contribution in [2.24, 2.45) is 22.9 Å². The van der Waals surface area contributed by atoms with Gasteiger partial charge in [0.2, 0.25) is 11.7 Å². The minimum Gasteiger partial charge on any atom is -0.492 e. The van der Waals surface area contributed by atoms with Crippen LogP contribution in [0.5, 0.6) is 11.5 Å². The second-order valence-electron chi connectivity index (χ2n) is 17.7. The number of allylic oxidation sites excluding steroid dienone is 1. The first-order valence-electron chi connectivity index (χ1n) is 23.8. The summed E-state index contributed by atoms with van der Waals surface area (Å²) < 4.78 is 26.6. The summed E-state index contributed by atoms with van der Waals surface area (Å²) in [6.07, 6.45) is 11.1. The molecular weight excluding hydrogens is 891 g/mol. The highest BCUT2D eigenvalue weighted by molar-refractivity contribution is 6.03. The number of carbonyl (C=O) groups excluding carboxylic acids is 1. The highest BCUT2D eigenvalue weighted by Crippen LogP contribution is 2.62. The summed E-state index contributed by atoms with van der Waals surface area (Å²) in [7, 11) is 0. The van der Waals surface area contributed by atoms with Gasteiger partial charge in [-0.1, -0.05) is 30.1 Å². The highest BCUT2D eigenvalue weighted by atomic mass is 16.7. The van der Waals surface area contributed by atoms with Crippen molar-refractivity contribution in [3.05, 3.63) is 134 Å². The van der Waals surface area contributed by atoms with Crippen molar-refractivity contribution in [3.8, 4) is 11.5 Å². The van der Waals surface area contributed by atoms with Gasteiger partial charge in [0.15, 0.2) is 0 Å². The Labute approximate surface area is 401 Å². The van der Waals surface area contributed by atoms with Gasteiger partial charge in [-0.15, -0.1) is 6.58 Å². The molecule has 2 fully saturated rings. The molecule has 3 aromatic carbocycles. The molecule has 6 unspecified atom stereocenters. The standard InChI is InChI=1S/C51H63N5O13/c1-2-28-67-51-47(54(24-29-65-31-27-59)48(60)20-13-36-9-14-39(15-10-36)55(61)62)34-45(52-68-35-37-11-16-40(17-12-37)56(63)64)43-32-38(7-3-5-25-57)42(8-4-6-26-58)49(50(43)51)44-33-41(18-19-46(44)69-51)66-30-23-53-21-22-53/h2,9-20,32-33,38,42,47,49-50,57-59H,1,3-8,21-31,34-35H2. The second-order valence-corrected chi connectivity index (χ2v) is 17.7. The number of nitro groups is 2. The average Bonchev–Trinajstić information content (AvgIpc) is 4.19. The molecule has 370 valence electrons. The normalized spacial score (nSPS) is 23.1. The van der Waals surface area contributed by atoms with E-state index in [1.807, 2.05) is 12.1 Å². The molecule has 1 saturated carbocycles. The van der Waals surface area contributed by atoms with E-state index in [1.54, 1.807) is 41.3 Å². The van der Waals surface area contributed by atoms with Gasteiger partial charge in [-0.2, -0.15) is 0 Å². The Hall–Kier alpha value is -6.02. The first-order valence-corrected chi connectivity index (χ1v) is 23.8. The molecule has 0 aromatic heterocycles. The van der Waals surface area contributed by atoms with E-state index >= 15 is 0 Å². The summed E-state index contributed by atoms with van der Waals surface area (Å²) >= 11 is 0. The molecular formula is C51H63N5O13. The number of rotatable bonds is 28. The predicted molar refractivity (Wildman–Crippen MR) is 257 cm³/mol. The number of nitro benzene ring substituents is 2. The number of carbonyl (C=O) groups is 1. The van der Waals surface area contributed by atoms with Crippen LogP contribution in [0.4, 0.5) is 11.4 Å². The van der Waals surface area contributed by atoms with Crippen LogP contribution in [0.25, 0.3) is 6.08 Å². The van der Waals surface area contributed by atoms with Gasteiger partial charge in [0.1, 0.15) is 30.8 Å². The SMILES string of the molecule is C=CCOC12Oc3ccc(OCCN4CC4)cc3C3C(CCCCO)C(CCCCO)C=C(C(=NOCc4ccc([N+](=O)[O-])cc4)CC1N(CCOCCO)C(=O)C=Cc1ccc([N+](=O)[O-])cc1)C32. The molecule has 7 rings (SSSR count). The van der Waals surface area contributed by atoms with Gasteiger partial charge in [0.25, 0.3) is 11.4 Å². The molecule has 2 heterocycles. The fourth-order valence-corrected chi connectivity index (χ4v) is 9.94. The Morgan fingerprint density at radius 1 is 0.913 bits per heavy atom. The van der Waals surface area contributed by atoms with Crippen molar-refractivity contribution in [1.29, 1.82) is 0 Å². The third-order valence-electron chi connectivity index (χ3n) is 13.3. The summed E-state index contributed by atoms with van der Waals surface area (Å²) in [6.45, 7) is 7.38. The smallest absolute Gasteiger partial charge is 0.269 e. The molecule has 18 nitrogen and oxygen atoms in total. The van der Waals surface area contributed by atoms with E-state index in [0.29, 0.717) is 47.8 Å². The van der Waals surface area contributed by atoms with E-state index in [2.05, 4.69) is 23.6 Å². The van der Waals surface area contributed by atoms with Crippen LogP contribution in [0.1, 0.15) is 67.6 Å². The number of non-ortho nitro benzene ring substituents is 2. The van der Waals surface area contributed by atoms with E-state index in [0.717, 1.165) is 56.5 Å². The predicted octanol–water partition coefficient (Wildman–Crippen LogP) is 6.58. The second kappa shape index (κ2) is 24.5. The first kappa shape index (κ1) is 50.8. The van der Waals surface area contributed by atoms with E-state index in [-0.39, 0.29) is 88.3 Å². The largest absolute Gasteiger partial charge is 0.492 e. The van der Waals surface area contributed by atoms with Crippen molar-refractivity contribution in [3.63, 3.8) is 0 Å². The van der Waals surface area contributed by atoms with Crippen molar-refractivity contribution in [2.45, 2.75) is 69.3 Å². The molecule has 69 heavy (non-hydrogen) atoms. The summed E-state index contributed by atoms with van der Waals surface area (Å²) in [6, 6.07) is 16.8. The first-order chi connectivity index (χ1) is 33.6. The van der Waals surface area contributed by atoms with Crippen LogP contribution in [-0.2, 0) is 25.7 Å². The lowest BCUT2D eigenvalue weighted by atomic mass is 9.55. The number of aliphatic hydroxyl groups excluding tert-OH is 3. The zero-order valence-electron chi connectivity index (χ0n) is 38.8. The number of aliphatic hydroxyl groups is 3. The zero-order chi connectivity index (χ0) is 48.8. The molecule has 0 bridgehead atoms. The molecule has 1 amide bonds. The number of oxime groups is 1. The van der Waals surface area contributed by atoms with E-state index in [1.165, 1.54) is 30.3 Å². The molecule has 1 saturated heterocycles. The van der Waals surface area contributed by atoms with Crippen molar-refractivity contribution >= 4 is 29.1 Å². The van der Waals surface area contributed by atoms with Gasteiger partial charge < -0.3 is 44.0 Å². The Bertz CT molecular complexity index is 2320. The van der Waals surface area contributed by atoms with Crippen LogP contribution in [0.3, 0.4) is 0 Å². The number of unbranched alkanes of at least 4 members (excludes halogenated alkanes) is 2. The van der Waals surface area contributed by atoms with Gasteiger partial charge in [-0.05, 0) is 103 Å². The van der Waals surface area contributed by atoms with Gasteiger partial charge in [-0.3, -0.25) is 29.9 Å². The number of hydrogen-bond donors (Lipinski definition) is 3. The number of hydrogen-bond acceptors (Lipinski definition) is 15. The quantitative estimate of drug-likeness (QED) is 0.0174. The summed E-state index contributed by atoms with van der Waals surface area (Å²) in [5.74, 6) is -1.75. The van der Waals surface area contributed by atoms with Gasteiger partial charge in [0.05, 0.1) is 47.9 Å². The Morgan fingerprint density at radius 2 is 1.62 bits per heavy atom. The number of nitrogens with zero attached hydrogens (tertiary/aromatic N) is 5. The topological polar surface area (TPSA) is 229 Å². The number of benzene rings is 3. The van der Waals surface area contributed by atoms with Crippen LogP contribution in [0.15, 0.2) is 102 Å². The molecule has 0 radical (unpaired) electrons. The van der Waals surface area contributed by atoms with Crippen molar-refractivity contribution in [1.82, 2.24) is 9.80 Å². The highest BCUT2D eigenvalue weighted by Gasteiger charge is 2.65. The molecule has 3 N–H and O–H groups in total. The lowest BCUT2D eigenvalue weighted by Crippen LogP contribution is -2.70. The maximum atomic E-state index is 15.0. The third kappa shape index (κ3) is 12.6. The van der Waals surface area contributed by atoms with Crippen LogP contribution < -0.4 is 9.47 Å². The summed E-state index contributed by atoms with van der Waals surface area (Å²) in [5.41, 5.74) is 3.33. The van der Waals surface area contributed by atoms with Gasteiger partial charge >= 0.3 is 0 Å². The fourth-order valence-electron chi connectivity index (χ4n) is 9.94. The summed E-state index contributed by atoms with van der Waals surface area (Å²) in [5, 5.41) is 57.3.